The number of aryl methyl sites for hydroxylation is 1. The Bertz CT molecular complexity index is 3300. The molecule has 4 fully saturated rings. The highest BCUT2D eigenvalue weighted by Gasteiger charge is 2.53. The van der Waals surface area contributed by atoms with E-state index < -0.39 is 83.9 Å². The Morgan fingerprint density at radius 3 is 2.27 bits per heavy atom. The maximum Gasteiger partial charge on any atom is 0.329 e. The summed E-state index contributed by atoms with van der Waals surface area (Å²) in [6.07, 6.45) is 14.1. The number of nitrogens with zero attached hydrogens (tertiary/aromatic N) is 5. The number of carbonyl (C=O) groups is 5. The number of ketones is 3. The SMILES string of the molecule is COc1ccc(-c2cc3c(C)nc(N)nc3n(C3CCC(OCCO[C@@H]4C[C@@H]5CC[C@@H](C)[C@@](O)(O5)C(=O)C(=O)N5CCCC[C@H]5C(=O)O[C@H](C(C)C[C@H]5CC[C@@H](O)[C@H](OC)C5)CC(=O)[C@H](C)/C=C(\C)[C@@H](O)[C@@H](OC)C(=O)[C@H](C)C[C@H](C)/C=C/C=CC=C4C)CC3)c2=O)cn1. The smallest absolute Gasteiger partial charge is 0.329 e. The standard InChI is InChI=1S/C72H102N6O16/c1-41-17-13-12-14-18-42(2)59(92-32-31-91-52-26-23-51(24-27-52)78-67-54(48(8)75-71(73)76-67)38-55(68(78)84)50-22-29-62(89-10)74-40-50)37-53-25-20-47(7)72(87,94-53)66(83)69(85)77-30-16-15-19-56(77)70(86)93-60(44(4)35-49-21-28-57(79)61(36-49)88-9)39-58(80)43(3)34-46(6)64(82)65(90-11)63(81)45(5)33-41/h12-14,17-18,22,29,34,38,40-41,43-45,47,49,51-53,56-57,59-61,64-65,79,82,87H,15-16,19-21,23-28,30-33,35-37,39H2,1-11H3,(H2,73,75,76)/b14-12?,17-13+,42-18?,46-34+/t41-,43-,44?,45-,47-,49-,51?,52?,53+,56+,57-,59-,60+,61-,64-,65+,72-/m1/s1. The Morgan fingerprint density at radius 2 is 1.56 bits per heavy atom. The van der Waals surface area contributed by atoms with Gasteiger partial charge in [0.1, 0.15) is 35.8 Å². The van der Waals surface area contributed by atoms with Crippen molar-refractivity contribution in [3.63, 3.8) is 0 Å². The van der Waals surface area contributed by atoms with Gasteiger partial charge in [-0.1, -0.05) is 71.1 Å². The fraction of sp³-hybridized carbons (Fsp3) is 0.653. The van der Waals surface area contributed by atoms with E-state index >= 15 is 0 Å². The number of Topliss-reactive ketones (excluding diaryl/α,β-unsaturated/α-hetero) is 3. The third-order valence-corrected chi connectivity index (χ3v) is 20.3. The third kappa shape index (κ3) is 18.0. The summed E-state index contributed by atoms with van der Waals surface area (Å²) in [6.45, 7) is 14.9. The number of carbonyl (C=O) groups excluding carboxylic acids is 5. The number of esters is 1. The first-order chi connectivity index (χ1) is 44.8. The zero-order valence-electron chi connectivity index (χ0n) is 56.9. The molecule has 5 aliphatic rings. The number of allylic oxidation sites excluding steroid dienone is 6. The van der Waals surface area contributed by atoms with E-state index in [1.165, 1.54) is 19.1 Å². The summed E-state index contributed by atoms with van der Waals surface area (Å²) in [5.41, 5.74) is 9.34. The molecule has 3 aliphatic heterocycles. The number of pyridine rings is 2. The average Bonchev–Trinajstić information content (AvgIpc) is 0.760. The molecule has 94 heavy (non-hydrogen) atoms. The maximum atomic E-state index is 14.7. The number of hydrogen-bond donors (Lipinski definition) is 4. The number of amides is 1. The van der Waals surface area contributed by atoms with E-state index in [9.17, 15) is 44.1 Å². The van der Waals surface area contributed by atoms with E-state index in [0.29, 0.717) is 123 Å². The van der Waals surface area contributed by atoms with E-state index in [0.717, 1.165) is 5.57 Å². The first-order valence-corrected chi connectivity index (χ1v) is 33.9. The van der Waals surface area contributed by atoms with Gasteiger partial charge >= 0.3 is 5.97 Å². The largest absolute Gasteiger partial charge is 0.481 e. The van der Waals surface area contributed by atoms with Crippen LogP contribution in [0.25, 0.3) is 22.2 Å². The van der Waals surface area contributed by atoms with Gasteiger partial charge in [0.15, 0.2) is 5.78 Å². The Kier molecular flexibility index (Phi) is 26.2. The molecule has 5 N–H and O–H groups in total. The van der Waals surface area contributed by atoms with Crippen molar-refractivity contribution in [1.29, 1.82) is 0 Å². The Hall–Kier alpha value is -6.37. The van der Waals surface area contributed by atoms with Crippen LogP contribution in [0.5, 0.6) is 5.88 Å². The summed E-state index contributed by atoms with van der Waals surface area (Å²) in [4.78, 5) is 101. The van der Waals surface area contributed by atoms with Gasteiger partial charge in [0.25, 0.3) is 17.2 Å². The lowest BCUT2D eigenvalue weighted by molar-refractivity contribution is -0.266. The highest BCUT2D eigenvalue weighted by atomic mass is 16.6. The minimum Gasteiger partial charge on any atom is -0.481 e. The molecular formula is C72H102N6O16. The molecule has 2 saturated heterocycles. The van der Waals surface area contributed by atoms with Gasteiger partial charge in [-0.05, 0) is 152 Å². The van der Waals surface area contributed by atoms with E-state index in [1.807, 2.05) is 65.0 Å². The molecule has 0 spiro atoms. The van der Waals surface area contributed by atoms with Crippen LogP contribution in [0.15, 0.2) is 76.8 Å². The number of aliphatic hydroxyl groups is 3. The molecule has 2 bridgehead atoms. The van der Waals surface area contributed by atoms with Crippen LogP contribution >= 0.6 is 0 Å². The summed E-state index contributed by atoms with van der Waals surface area (Å²) >= 11 is 0. The minimum atomic E-state index is -2.54. The lowest BCUT2D eigenvalue weighted by Crippen LogP contribution is -2.61. The van der Waals surface area contributed by atoms with E-state index in [1.54, 1.807) is 62.9 Å². The van der Waals surface area contributed by atoms with Crippen LogP contribution in [-0.2, 0) is 52.4 Å². The van der Waals surface area contributed by atoms with Gasteiger partial charge in [0.05, 0.1) is 56.5 Å². The van der Waals surface area contributed by atoms with Gasteiger partial charge in [-0.25, -0.2) is 14.8 Å². The number of fused-ring (bicyclic) bond motifs is 4. The number of piperidine rings is 1. The first kappa shape index (κ1) is 73.4. The van der Waals surface area contributed by atoms with E-state index in [-0.39, 0.29) is 98.1 Å². The summed E-state index contributed by atoms with van der Waals surface area (Å²) in [7, 11) is 4.47. The molecule has 0 aromatic carbocycles. The summed E-state index contributed by atoms with van der Waals surface area (Å²) in [5, 5.41) is 35.4. The molecule has 1 amide bonds. The number of nitrogens with two attached hydrogens (primary N) is 1. The lowest BCUT2D eigenvalue weighted by Gasteiger charge is -2.43. The van der Waals surface area contributed by atoms with Crippen molar-refractivity contribution in [1.82, 2.24) is 24.4 Å². The van der Waals surface area contributed by atoms with Crippen LogP contribution in [0.1, 0.15) is 163 Å². The number of hydrogen-bond acceptors (Lipinski definition) is 20. The average molecular weight is 1310 g/mol. The summed E-state index contributed by atoms with van der Waals surface area (Å²) in [5.74, 6) is -8.07. The molecule has 3 aromatic heterocycles. The van der Waals surface area contributed by atoms with E-state index in [2.05, 4.69) is 15.0 Å². The lowest BCUT2D eigenvalue weighted by atomic mass is 9.78. The van der Waals surface area contributed by atoms with Crippen LogP contribution in [-0.4, -0.2) is 171 Å². The van der Waals surface area contributed by atoms with E-state index in [4.69, 9.17) is 38.9 Å². The highest BCUT2D eigenvalue weighted by Crippen LogP contribution is 2.39. The second-order valence-corrected chi connectivity index (χ2v) is 27.3. The first-order valence-electron chi connectivity index (χ1n) is 33.9. The van der Waals surface area contributed by atoms with Gasteiger partial charge in [-0.2, -0.15) is 4.98 Å². The molecule has 1 unspecified atom stereocenters. The van der Waals surface area contributed by atoms with Crippen molar-refractivity contribution < 1.29 is 72.5 Å². The minimum absolute atomic E-state index is 0.0393. The third-order valence-electron chi connectivity index (χ3n) is 20.3. The van der Waals surface area contributed by atoms with Gasteiger partial charge in [-0.3, -0.25) is 28.5 Å². The zero-order chi connectivity index (χ0) is 68.1. The van der Waals surface area contributed by atoms with Crippen molar-refractivity contribution in [2.75, 3.05) is 46.8 Å². The second kappa shape index (κ2) is 33.5. The number of anilines is 1. The molecule has 15 atom stereocenters. The predicted molar refractivity (Wildman–Crippen MR) is 354 cm³/mol. The van der Waals surface area contributed by atoms with Crippen molar-refractivity contribution in [2.24, 2.45) is 35.5 Å². The number of nitrogen functional groups attached to an aromatic ring is 1. The molecule has 3 aromatic rings. The molecule has 8 rings (SSSR count). The van der Waals surface area contributed by atoms with Crippen molar-refractivity contribution in [3.05, 3.63) is 88.0 Å². The predicted octanol–water partition coefficient (Wildman–Crippen LogP) is 8.82. The Balaban J connectivity index is 1.01. The van der Waals surface area contributed by atoms with Crippen LogP contribution in [0, 0.1) is 42.4 Å². The quantitative estimate of drug-likeness (QED) is 0.0537. The number of methoxy groups -OCH3 is 3. The molecule has 0 radical (unpaired) electrons. The monoisotopic (exact) mass is 1310 g/mol. The number of ether oxygens (including phenoxy) is 7. The molecule has 22 heteroatoms. The van der Waals surface area contributed by atoms with Gasteiger partial charge in [0.2, 0.25) is 17.6 Å². The van der Waals surface area contributed by atoms with Gasteiger partial charge in [-0.15, -0.1) is 0 Å². The molecule has 2 aliphatic carbocycles. The Labute approximate surface area is 553 Å². The van der Waals surface area contributed by atoms with Crippen molar-refractivity contribution in [3.8, 4) is 17.0 Å². The number of cyclic esters (lactones) is 1. The van der Waals surface area contributed by atoms with Crippen LogP contribution < -0.4 is 16.0 Å². The van der Waals surface area contributed by atoms with Gasteiger partial charge < -0.3 is 59.1 Å². The summed E-state index contributed by atoms with van der Waals surface area (Å²) < 4.78 is 44.2. The molecule has 2 saturated carbocycles. The highest BCUT2D eigenvalue weighted by molar-refractivity contribution is 6.39. The van der Waals surface area contributed by atoms with Crippen molar-refractivity contribution >= 4 is 46.2 Å². The fourth-order valence-electron chi connectivity index (χ4n) is 14.5. The normalized spacial score (nSPS) is 33.2. The second-order valence-electron chi connectivity index (χ2n) is 27.3. The van der Waals surface area contributed by atoms with Crippen LogP contribution in [0.2, 0.25) is 0 Å². The van der Waals surface area contributed by atoms with Crippen molar-refractivity contribution in [2.45, 2.75) is 225 Å². The topological polar surface area (TPSA) is 301 Å². The molecule has 6 heterocycles. The van der Waals surface area contributed by atoms with Crippen LogP contribution in [0.3, 0.4) is 0 Å². The Morgan fingerprint density at radius 1 is 0.819 bits per heavy atom. The fourth-order valence-corrected chi connectivity index (χ4v) is 14.5. The maximum absolute atomic E-state index is 14.7. The zero-order valence-corrected chi connectivity index (χ0v) is 56.9. The summed E-state index contributed by atoms with van der Waals surface area (Å²) in [6, 6.07) is 3.91. The molecule has 22 nitrogen and oxygen atoms in total. The number of aliphatic hydroxyl groups excluding tert-OH is 2. The molecule has 516 valence electrons. The number of aromatic nitrogens is 4. The van der Waals surface area contributed by atoms with Gasteiger partial charge in [0, 0.05) is 86.2 Å². The number of rotatable bonds is 13. The molecular weight excluding hydrogens is 1200 g/mol. The van der Waals surface area contributed by atoms with Crippen LogP contribution in [0.4, 0.5) is 5.95 Å².